The van der Waals surface area contributed by atoms with Crippen LogP contribution in [0.25, 0.3) is 0 Å². The summed E-state index contributed by atoms with van der Waals surface area (Å²) in [5.41, 5.74) is 2.47. The lowest BCUT2D eigenvalue weighted by Crippen LogP contribution is -2.23. The van der Waals surface area contributed by atoms with Crippen LogP contribution >= 0.6 is 11.6 Å². The smallest absolute Gasteiger partial charge is 0.227 e. The molecule has 21 heavy (non-hydrogen) atoms. The molecule has 1 amide bonds. The molecule has 110 valence electrons. The number of nitrogens with one attached hydrogen (secondary N) is 1. The fourth-order valence-electron chi connectivity index (χ4n) is 2.42. The molecular weight excluding hydrogens is 290 g/mol. The van der Waals surface area contributed by atoms with Crippen molar-refractivity contribution in [2.24, 2.45) is 0 Å². The van der Waals surface area contributed by atoms with Gasteiger partial charge in [0.2, 0.25) is 5.91 Å². The van der Waals surface area contributed by atoms with Crippen LogP contribution in [-0.4, -0.2) is 17.6 Å². The molecule has 0 aliphatic carbocycles. The number of aromatic nitrogens is 1. The van der Waals surface area contributed by atoms with Crippen molar-refractivity contribution in [2.45, 2.75) is 26.3 Å². The first-order valence-corrected chi connectivity index (χ1v) is 7.27. The van der Waals surface area contributed by atoms with Gasteiger partial charge in [0, 0.05) is 24.7 Å². The molecule has 1 aromatic carbocycles. The molecule has 1 aliphatic heterocycles. The van der Waals surface area contributed by atoms with Gasteiger partial charge in [-0.05, 0) is 31.5 Å². The molecule has 1 N–H and O–H groups in total. The Morgan fingerprint density at radius 1 is 1.43 bits per heavy atom. The van der Waals surface area contributed by atoms with Crippen molar-refractivity contribution in [1.82, 2.24) is 5.16 Å². The van der Waals surface area contributed by atoms with Gasteiger partial charge in [0.25, 0.3) is 0 Å². The first-order valence-electron chi connectivity index (χ1n) is 6.89. The number of aryl methyl sites for hydroxylation is 1. The van der Waals surface area contributed by atoms with Crippen molar-refractivity contribution < 1.29 is 9.32 Å². The Labute approximate surface area is 127 Å². The van der Waals surface area contributed by atoms with Crippen LogP contribution in [0.1, 0.15) is 24.3 Å². The van der Waals surface area contributed by atoms with Crippen molar-refractivity contribution >= 4 is 28.9 Å². The summed E-state index contributed by atoms with van der Waals surface area (Å²) >= 11 is 6.20. The predicted octanol–water partition coefficient (Wildman–Crippen LogP) is 3.38. The number of halogens is 1. The van der Waals surface area contributed by atoms with Gasteiger partial charge >= 0.3 is 0 Å². The van der Waals surface area contributed by atoms with Gasteiger partial charge in [0.15, 0.2) is 0 Å². The maximum absolute atomic E-state index is 11.8. The number of rotatable bonds is 4. The van der Waals surface area contributed by atoms with Crippen LogP contribution in [0.2, 0.25) is 5.02 Å². The lowest BCUT2D eigenvalue weighted by Gasteiger charge is -2.17. The molecule has 2 heterocycles. The number of hydrogen-bond acceptors (Lipinski definition) is 4. The molecule has 1 saturated heterocycles. The normalized spacial score (nSPS) is 14.8. The van der Waals surface area contributed by atoms with Gasteiger partial charge in [-0.1, -0.05) is 16.8 Å². The summed E-state index contributed by atoms with van der Waals surface area (Å²) in [6.45, 7) is 3.14. The number of anilines is 2. The van der Waals surface area contributed by atoms with Crippen LogP contribution in [0.15, 0.2) is 28.8 Å². The number of carbonyl (C=O) groups excluding carboxylic acids is 1. The van der Waals surface area contributed by atoms with E-state index in [1.54, 1.807) is 11.0 Å². The Balaban J connectivity index is 1.76. The topological polar surface area (TPSA) is 58.4 Å². The molecule has 0 unspecified atom stereocenters. The maximum atomic E-state index is 11.8. The minimum atomic E-state index is 0.162. The van der Waals surface area contributed by atoms with E-state index in [9.17, 15) is 4.79 Å². The van der Waals surface area contributed by atoms with E-state index in [1.807, 2.05) is 25.1 Å². The average molecular weight is 306 g/mol. The third kappa shape index (κ3) is 3.03. The van der Waals surface area contributed by atoms with E-state index >= 15 is 0 Å². The minimum Gasteiger partial charge on any atom is -0.378 e. The number of hydrogen-bond donors (Lipinski definition) is 1. The number of carbonyl (C=O) groups is 1. The van der Waals surface area contributed by atoms with E-state index < -0.39 is 0 Å². The van der Waals surface area contributed by atoms with Crippen molar-refractivity contribution in [3.8, 4) is 0 Å². The second-order valence-electron chi connectivity index (χ2n) is 5.10. The average Bonchev–Trinajstić information content (AvgIpc) is 3.07. The molecular formula is C15H16ClN3O2. The van der Waals surface area contributed by atoms with Crippen LogP contribution in [0.4, 0.5) is 11.4 Å². The Morgan fingerprint density at radius 3 is 2.95 bits per heavy atom. The second-order valence-corrected chi connectivity index (χ2v) is 5.50. The van der Waals surface area contributed by atoms with Gasteiger partial charge < -0.3 is 14.7 Å². The maximum Gasteiger partial charge on any atom is 0.227 e. The number of amides is 1. The summed E-state index contributed by atoms with van der Waals surface area (Å²) in [6.07, 6.45) is 1.52. The lowest BCUT2D eigenvalue weighted by molar-refractivity contribution is -0.117. The van der Waals surface area contributed by atoms with Crippen LogP contribution in [0, 0.1) is 6.92 Å². The fourth-order valence-corrected chi connectivity index (χ4v) is 2.61. The Morgan fingerprint density at radius 2 is 2.29 bits per heavy atom. The Bertz CT molecular complexity index is 669. The highest BCUT2D eigenvalue weighted by Gasteiger charge is 2.22. The monoisotopic (exact) mass is 305 g/mol. The van der Waals surface area contributed by atoms with Crippen molar-refractivity contribution in [3.63, 3.8) is 0 Å². The predicted molar refractivity (Wildman–Crippen MR) is 81.6 cm³/mol. The fraction of sp³-hybridized carbons (Fsp3) is 0.333. The molecule has 3 rings (SSSR count). The standard InChI is InChI=1S/C15H16ClN3O2/c1-10-7-11(18-21-10)9-17-14-8-12(4-5-13(14)16)19-6-2-3-15(19)20/h4-5,7-8,17H,2-3,6,9H2,1H3. The SMILES string of the molecule is Cc1cc(CNc2cc(N3CCCC3=O)ccc2Cl)no1. The third-order valence-electron chi connectivity index (χ3n) is 3.47. The zero-order valence-electron chi connectivity index (χ0n) is 11.7. The summed E-state index contributed by atoms with van der Waals surface area (Å²) in [5, 5.41) is 7.77. The second kappa shape index (κ2) is 5.77. The zero-order chi connectivity index (χ0) is 14.8. The van der Waals surface area contributed by atoms with Crippen LogP contribution < -0.4 is 10.2 Å². The highest BCUT2D eigenvalue weighted by molar-refractivity contribution is 6.33. The molecule has 1 fully saturated rings. The lowest BCUT2D eigenvalue weighted by atomic mass is 10.2. The van der Waals surface area contributed by atoms with E-state index in [0.717, 1.165) is 35.8 Å². The molecule has 0 atom stereocenters. The van der Waals surface area contributed by atoms with E-state index in [2.05, 4.69) is 10.5 Å². The third-order valence-corrected chi connectivity index (χ3v) is 3.80. The molecule has 1 aromatic heterocycles. The quantitative estimate of drug-likeness (QED) is 0.941. The van der Waals surface area contributed by atoms with E-state index in [1.165, 1.54) is 0 Å². The summed E-state index contributed by atoms with van der Waals surface area (Å²) in [4.78, 5) is 13.6. The molecule has 6 heteroatoms. The van der Waals surface area contributed by atoms with Gasteiger partial charge in [-0.2, -0.15) is 0 Å². The molecule has 2 aromatic rings. The van der Waals surface area contributed by atoms with Crippen LogP contribution in [0.5, 0.6) is 0 Å². The van der Waals surface area contributed by atoms with Crippen molar-refractivity contribution in [2.75, 3.05) is 16.8 Å². The number of benzene rings is 1. The van der Waals surface area contributed by atoms with Gasteiger partial charge in [-0.25, -0.2) is 0 Å². The Kier molecular flexibility index (Phi) is 3.84. The van der Waals surface area contributed by atoms with Gasteiger partial charge in [-0.3, -0.25) is 4.79 Å². The van der Waals surface area contributed by atoms with Crippen molar-refractivity contribution in [3.05, 3.63) is 40.7 Å². The molecule has 0 bridgehead atoms. The van der Waals surface area contributed by atoms with Crippen LogP contribution in [0.3, 0.4) is 0 Å². The van der Waals surface area contributed by atoms with Gasteiger partial charge in [0.1, 0.15) is 11.5 Å². The largest absolute Gasteiger partial charge is 0.378 e. The molecule has 5 nitrogen and oxygen atoms in total. The first kappa shape index (κ1) is 13.9. The minimum absolute atomic E-state index is 0.162. The van der Waals surface area contributed by atoms with Crippen molar-refractivity contribution in [1.29, 1.82) is 0 Å². The van der Waals surface area contributed by atoms with Crippen LogP contribution in [-0.2, 0) is 11.3 Å². The van der Waals surface area contributed by atoms with E-state index in [4.69, 9.17) is 16.1 Å². The first-order chi connectivity index (χ1) is 10.1. The highest BCUT2D eigenvalue weighted by atomic mass is 35.5. The zero-order valence-corrected chi connectivity index (χ0v) is 12.5. The number of nitrogens with zero attached hydrogens (tertiary/aromatic N) is 2. The summed E-state index contributed by atoms with van der Waals surface area (Å²) in [7, 11) is 0. The molecule has 0 saturated carbocycles. The van der Waals surface area contributed by atoms with Gasteiger partial charge in [-0.15, -0.1) is 0 Å². The van der Waals surface area contributed by atoms with Gasteiger partial charge in [0.05, 0.1) is 17.3 Å². The summed E-state index contributed by atoms with van der Waals surface area (Å²) in [5.74, 6) is 0.935. The summed E-state index contributed by atoms with van der Waals surface area (Å²) in [6, 6.07) is 7.45. The highest BCUT2D eigenvalue weighted by Crippen LogP contribution is 2.30. The molecule has 0 spiro atoms. The molecule has 1 aliphatic rings. The summed E-state index contributed by atoms with van der Waals surface area (Å²) < 4.78 is 5.03. The van der Waals surface area contributed by atoms with E-state index in [-0.39, 0.29) is 5.91 Å². The Hall–Kier alpha value is -2.01. The molecule has 0 radical (unpaired) electrons. The van der Waals surface area contributed by atoms with E-state index in [0.29, 0.717) is 18.0 Å².